The third-order valence-corrected chi connectivity index (χ3v) is 11.2. The van der Waals surface area contributed by atoms with Crippen molar-refractivity contribution in [3.8, 4) is 0 Å². The second kappa shape index (κ2) is 35.8. The Morgan fingerprint density at radius 3 is 1.69 bits per heavy atom. The number of aliphatic hydroxyl groups is 5. The van der Waals surface area contributed by atoms with Crippen molar-refractivity contribution < 1.29 is 57.0 Å². The highest BCUT2D eigenvalue weighted by atomic mass is 32.3. The molecule has 0 saturated carbocycles. The van der Waals surface area contributed by atoms with Gasteiger partial charge in [-0.3, -0.25) is 9.35 Å². The molecule has 1 aliphatic heterocycles. The molecule has 13 nitrogen and oxygen atoms in total. The first-order valence-corrected chi connectivity index (χ1v) is 24.3. The molecule has 1 amide bonds. The maximum atomic E-state index is 13.0. The van der Waals surface area contributed by atoms with Gasteiger partial charge in [-0.15, -0.1) is 0 Å². The van der Waals surface area contributed by atoms with Crippen LogP contribution in [-0.2, 0) is 28.9 Å². The average Bonchev–Trinajstić information content (AvgIpc) is 3.20. The smallest absolute Gasteiger partial charge is 0.394 e. The summed E-state index contributed by atoms with van der Waals surface area (Å²) in [6.07, 6.45) is 30.6. The minimum Gasteiger partial charge on any atom is -0.394 e. The van der Waals surface area contributed by atoms with Gasteiger partial charge in [0.05, 0.1) is 25.4 Å². The van der Waals surface area contributed by atoms with Crippen molar-refractivity contribution in [3.05, 3.63) is 36.5 Å². The van der Waals surface area contributed by atoms with E-state index in [4.69, 9.17) is 14.0 Å². The van der Waals surface area contributed by atoms with E-state index in [1.54, 1.807) is 6.08 Å². The van der Waals surface area contributed by atoms with E-state index in [2.05, 4.69) is 40.7 Å². The number of carbonyl (C=O) groups excluding carboxylic acids is 1. The van der Waals surface area contributed by atoms with E-state index in [0.717, 1.165) is 44.9 Å². The molecule has 1 heterocycles. The quantitative estimate of drug-likeness (QED) is 0.0181. The molecule has 59 heavy (non-hydrogen) atoms. The first-order chi connectivity index (χ1) is 28.4. The largest absolute Gasteiger partial charge is 0.397 e. The molecule has 1 saturated heterocycles. The van der Waals surface area contributed by atoms with Crippen LogP contribution in [0.25, 0.3) is 0 Å². The first kappa shape index (κ1) is 55.3. The Kier molecular flexibility index (Phi) is 33.6. The number of ether oxygens (including phenoxy) is 2. The zero-order chi connectivity index (χ0) is 43.6. The summed E-state index contributed by atoms with van der Waals surface area (Å²) in [6.45, 7) is 3.02. The molecular weight excluding hydrogens is 779 g/mol. The molecule has 0 aliphatic carbocycles. The fraction of sp³-hybridized carbons (Fsp3) is 0.844. The number of allylic oxidation sites excluding steroid dienone is 5. The average molecular weight is 862 g/mol. The molecular formula is C45H83NO12S. The fourth-order valence-electron chi connectivity index (χ4n) is 7.06. The number of carbonyl (C=O) groups is 1. The van der Waals surface area contributed by atoms with Gasteiger partial charge in [-0.2, -0.15) is 8.42 Å². The van der Waals surface area contributed by atoms with Crippen molar-refractivity contribution in [3.63, 3.8) is 0 Å². The summed E-state index contributed by atoms with van der Waals surface area (Å²) in [5.74, 6) is -0.715. The van der Waals surface area contributed by atoms with Gasteiger partial charge in [0.15, 0.2) is 6.29 Å². The number of hydrogen-bond acceptors (Lipinski definition) is 11. The summed E-state index contributed by atoms with van der Waals surface area (Å²) in [7, 11) is -5.11. The van der Waals surface area contributed by atoms with Crippen LogP contribution in [0.1, 0.15) is 181 Å². The van der Waals surface area contributed by atoms with Crippen molar-refractivity contribution >= 4 is 16.3 Å². The zero-order valence-electron chi connectivity index (χ0n) is 36.4. The van der Waals surface area contributed by atoms with Crippen LogP contribution in [0, 0.1) is 0 Å². The standard InChI is InChI=1S/C45H83NO12S/c1-3-5-7-9-10-11-12-13-14-15-16-17-18-19-20-21-22-23-24-25-26-27-28-29-30-32-34-39(49)44(52)46-37(38(48)33-31-8-6-4-2)36-56-45-42(51)43(58-59(53,54)55)41(50)40(35-47)57-45/h16-17,19-20,31,33,37-43,45,47-51H,3-15,18,21-30,32,34-36H2,1-2H3,(H,46,52)(H,53,54,55)/b17-16-,20-19-,33-31+. The number of aliphatic hydroxyl groups excluding tert-OH is 5. The van der Waals surface area contributed by atoms with E-state index in [9.17, 15) is 38.7 Å². The maximum absolute atomic E-state index is 13.0. The first-order valence-electron chi connectivity index (χ1n) is 23.0. The molecule has 0 radical (unpaired) electrons. The Bertz CT molecular complexity index is 1220. The van der Waals surface area contributed by atoms with Crippen molar-refractivity contribution in [1.82, 2.24) is 5.32 Å². The summed E-state index contributed by atoms with van der Waals surface area (Å²) in [5.41, 5.74) is 0. The lowest BCUT2D eigenvalue weighted by Crippen LogP contribution is -2.61. The van der Waals surface area contributed by atoms with Gasteiger partial charge >= 0.3 is 10.4 Å². The Balaban J connectivity index is 2.27. The van der Waals surface area contributed by atoms with Gasteiger partial charge in [0.25, 0.3) is 0 Å². The topological polar surface area (TPSA) is 212 Å². The van der Waals surface area contributed by atoms with Crippen LogP contribution < -0.4 is 5.32 Å². The van der Waals surface area contributed by atoms with Crippen LogP contribution >= 0.6 is 0 Å². The summed E-state index contributed by atoms with van der Waals surface area (Å²) < 4.78 is 47.1. The van der Waals surface area contributed by atoms with Gasteiger partial charge in [0.2, 0.25) is 5.91 Å². The molecule has 1 aliphatic rings. The van der Waals surface area contributed by atoms with Crippen LogP contribution in [0.15, 0.2) is 36.5 Å². The Labute approximate surface area is 357 Å². The van der Waals surface area contributed by atoms with Crippen LogP contribution in [0.3, 0.4) is 0 Å². The molecule has 0 spiro atoms. The molecule has 1 fully saturated rings. The molecule has 1 rings (SSSR count). The minimum absolute atomic E-state index is 0.237. The van der Waals surface area contributed by atoms with Gasteiger partial charge in [-0.05, 0) is 44.9 Å². The molecule has 346 valence electrons. The molecule has 0 aromatic heterocycles. The maximum Gasteiger partial charge on any atom is 0.397 e. The van der Waals surface area contributed by atoms with Crippen LogP contribution in [0.4, 0.5) is 0 Å². The number of amides is 1. The summed E-state index contributed by atoms with van der Waals surface area (Å²) in [6, 6.07) is -1.12. The molecule has 0 aromatic carbocycles. The van der Waals surface area contributed by atoms with Gasteiger partial charge in [-0.1, -0.05) is 172 Å². The van der Waals surface area contributed by atoms with Crippen LogP contribution in [0.2, 0.25) is 0 Å². The van der Waals surface area contributed by atoms with Gasteiger partial charge in [0, 0.05) is 0 Å². The highest BCUT2D eigenvalue weighted by Crippen LogP contribution is 2.26. The van der Waals surface area contributed by atoms with E-state index < -0.39 is 78.5 Å². The SMILES string of the molecule is CCCC/C=C/C(O)C(COC1OC(CO)C(O)C(OS(=O)(=O)O)C1O)NC(=O)C(O)CCCCCCCCCCCC/C=C\C/C=C\CCCCCCCCCCC. The van der Waals surface area contributed by atoms with Crippen molar-refractivity contribution in [1.29, 1.82) is 0 Å². The normalized spacial score (nSPS) is 21.8. The number of nitrogens with one attached hydrogen (secondary N) is 1. The Hall–Kier alpha value is -1.72. The molecule has 14 heteroatoms. The lowest BCUT2D eigenvalue weighted by Gasteiger charge is -2.41. The van der Waals surface area contributed by atoms with Gasteiger partial charge in [0.1, 0.15) is 30.5 Å². The Morgan fingerprint density at radius 1 is 0.695 bits per heavy atom. The predicted molar refractivity (Wildman–Crippen MR) is 233 cm³/mol. The monoisotopic (exact) mass is 862 g/mol. The molecule has 8 atom stereocenters. The predicted octanol–water partition coefficient (Wildman–Crippen LogP) is 7.69. The lowest BCUT2D eigenvalue weighted by atomic mass is 9.99. The third-order valence-electron chi connectivity index (χ3n) is 10.8. The van der Waals surface area contributed by atoms with Crippen LogP contribution in [-0.4, -0.2) is 107 Å². The van der Waals surface area contributed by atoms with Gasteiger partial charge < -0.3 is 40.3 Å². The number of hydrogen-bond donors (Lipinski definition) is 7. The summed E-state index contributed by atoms with van der Waals surface area (Å²) >= 11 is 0. The van der Waals surface area contributed by atoms with E-state index in [-0.39, 0.29) is 6.42 Å². The van der Waals surface area contributed by atoms with Gasteiger partial charge in [-0.25, -0.2) is 4.18 Å². The molecule has 7 N–H and O–H groups in total. The molecule has 0 aromatic rings. The Morgan fingerprint density at radius 2 is 1.19 bits per heavy atom. The highest BCUT2D eigenvalue weighted by Gasteiger charge is 2.48. The minimum atomic E-state index is -5.11. The third kappa shape index (κ3) is 28.5. The lowest BCUT2D eigenvalue weighted by molar-refractivity contribution is -0.298. The van der Waals surface area contributed by atoms with E-state index in [1.807, 2.05) is 6.92 Å². The highest BCUT2D eigenvalue weighted by molar-refractivity contribution is 7.80. The second-order valence-corrected chi connectivity index (χ2v) is 17.2. The van der Waals surface area contributed by atoms with Crippen LogP contribution in [0.5, 0.6) is 0 Å². The fourth-order valence-corrected chi connectivity index (χ4v) is 7.57. The summed E-state index contributed by atoms with van der Waals surface area (Å²) in [5, 5.41) is 54.5. The van der Waals surface area contributed by atoms with E-state index in [0.29, 0.717) is 12.8 Å². The second-order valence-electron chi connectivity index (χ2n) is 16.1. The molecule has 8 unspecified atom stereocenters. The number of rotatable bonds is 38. The van der Waals surface area contributed by atoms with Crippen molar-refractivity contribution in [2.75, 3.05) is 13.2 Å². The number of unbranched alkanes of at least 4 members (excludes halogenated alkanes) is 21. The van der Waals surface area contributed by atoms with E-state index >= 15 is 0 Å². The summed E-state index contributed by atoms with van der Waals surface area (Å²) in [4.78, 5) is 13.0. The zero-order valence-corrected chi connectivity index (χ0v) is 37.2. The molecule has 0 bridgehead atoms. The van der Waals surface area contributed by atoms with Crippen molar-refractivity contribution in [2.45, 2.75) is 230 Å². The van der Waals surface area contributed by atoms with Crippen molar-refractivity contribution in [2.24, 2.45) is 0 Å². The van der Waals surface area contributed by atoms with E-state index in [1.165, 1.54) is 109 Å².